The highest BCUT2D eigenvalue weighted by molar-refractivity contribution is 6.74. The fourth-order valence-electron chi connectivity index (χ4n) is 5.69. The van der Waals surface area contributed by atoms with Crippen molar-refractivity contribution in [2.24, 2.45) is 5.11 Å². The van der Waals surface area contributed by atoms with E-state index in [1.807, 2.05) is 45.3 Å². The van der Waals surface area contributed by atoms with Gasteiger partial charge in [0.05, 0.1) is 17.9 Å². The second-order valence-electron chi connectivity index (χ2n) is 17.9. The number of esters is 1. The van der Waals surface area contributed by atoms with E-state index in [2.05, 4.69) is 76.7 Å². The molecule has 16 nitrogen and oxygen atoms in total. The number of hydrogen-bond donors (Lipinski definition) is 2. The van der Waals surface area contributed by atoms with Gasteiger partial charge in [-0.2, -0.15) is 10.2 Å². The van der Waals surface area contributed by atoms with Gasteiger partial charge in [0.1, 0.15) is 36.2 Å². The minimum absolute atomic E-state index is 0.0380. The van der Waals surface area contributed by atoms with Crippen molar-refractivity contribution in [1.82, 2.24) is 15.5 Å². The van der Waals surface area contributed by atoms with Gasteiger partial charge < -0.3 is 28.7 Å². The van der Waals surface area contributed by atoms with Crippen molar-refractivity contribution < 1.29 is 47.3 Å². The lowest BCUT2D eigenvalue weighted by Crippen LogP contribution is -2.57. The highest BCUT2D eigenvalue weighted by atomic mass is 28.4. The molecule has 0 bridgehead atoms. The Balaban J connectivity index is 1.95. The fourth-order valence-corrected chi connectivity index (χ4v) is 7.04. The largest absolute Gasteiger partial charge is 0.486 e. The summed E-state index contributed by atoms with van der Waals surface area (Å²) >= 11 is 0. The summed E-state index contributed by atoms with van der Waals surface area (Å²) < 4.78 is 33.6. The SMILES string of the molecule is C=CCOC(=O)NOC(C)(C(=O)OC(C)(C)C)[C@H]1CCc2cc(-c3cn(CC(CNC(=O)OC(C)(C)C)O[Si](C)(C)C(C)(C)C)[n+](CCCN=[N+]=[N-])c3)ccc2O1. The van der Waals surface area contributed by atoms with E-state index >= 15 is 0 Å². The van der Waals surface area contributed by atoms with Gasteiger partial charge in [0.2, 0.25) is 11.8 Å². The Bertz CT molecular complexity index is 1770. The van der Waals surface area contributed by atoms with Gasteiger partial charge in [-0.05, 0) is 108 Å². The predicted molar refractivity (Wildman–Crippen MR) is 218 cm³/mol. The number of rotatable bonds is 17. The lowest BCUT2D eigenvalue weighted by Gasteiger charge is -2.39. The molecule has 2 N–H and O–H groups in total. The zero-order valence-corrected chi connectivity index (χ0v) is 36.9. The van der Waals surface area contributed by atoms with E-state index in [4.69, 9.17) is 33.7 Å². The number of azide groups is 1. The summed E-state index contributed by atoms with van der Waals surface area (Å²) in [4.78, 5) is 47.1. The number of carbonyl (C=O) groups excluding carboxylic acids is 3. The first-order valence-electron chi connectivity index (χ1n) is 19.4. The number of amides is 2. The minimum atomic E-state index is -2.27. The van der Waals surface area contributed by atoms with E-state index in [9.17, 15) is 14.4 Å². The van der Waals surface area contributed by atoms with Crippen molar-refractivity contribution in [3.63, 3.8) is 0 Å². The topological polar surface area (TPSA) is 188 Å². The summed E-state index contributed by atoms with van der Waals surface area (Å²) in [5.41, 5.74) is 10.7. The first kappa shape index (κ1) is 46.8. The van der Waals surface area contributed by atoms with E-state index in [1.54, 1.807) is 20.8 Å². The normalized spacial score (nSPS) is 16.1. The van der Waals surface area contributed by atoms with Crippen molar-refractivity contribution in [2.45, 2.75) is 149 Å². The molecule has 0 spiro atoms. The molecule has 2 aromatic rings. The Kier molecular flexibility index (Phi) is 15.8. The number of aromatic nitrogens is 2. The number of carbonyl (C=O) groups is 3. The van der Waals surface area contributed by atoms with E-state index < -0.39 is 49.4 Å². The number of aryl methyl sites for hydroxylation is 2. The van der Waals surface area contributed by atoms with Crippen LogP contribution in [-0.4, -0.2) is 79.9 Å². The van der Waals surface area contributed by atoms with Crippen molar-refractivity contribution in [3.8, 4) is 16.9 Å². The van der Waals surface area contributed by atoms with Gasteiger partial charge in [0.15, 0.2) is 14.9 Å². The van der Waals surface area contributed by atoms with E-state index in [-0.39, 0.29) is 24.3 Å². The Morgan fingerprint density at radius 1 is 1.07 bits per heavy atom. The van der Waals surface area contributed by atoms with Crippen LogP contribution in [0, 0.1) is 0 Å². The third-order valence-corrected chi connectivity index (χ3v) is 14.1. The van der Waals surface area contributed by atoms with Gasteiger partial charge in [-0.3, -0.25) is 0 Å². The number of nitrogens with one attached hydrogen (secondary N) is 2. The van der Waals surface area contributed by atoms with Gasteiger partial charge in [-0.15, -0.1) is 4.68 Å². The van der Waals surface area contributed by atoms with E-state index in [1.165, 1.54) is 13.0 Å². The maximum absolute atomic E-state index is 13.5. The van der Waals surface area contributed by atoms with Crippen LogP contribution in [0.15, 0.2) is 48.4 Å². The first-order chi connectivity index (χ1) is 26.4. The molecule has 1 aliphatic heterocycles. The highest BCUT2D eigenvalue weighted by Crippen LogP contribution is 2.38. The third kappa shape index (κ3) is 14.1. The second-order valence-corrected chi connectivity index (χ2v) is 22.6. The quantitative estimate of drug-likeness (QED) is 0.0154. The number of ether oxygens (including phenoxy) is 4. The maximum Gasteiger partial charge on any atom is 0.431 e. The zero-order valence-electron chi connectivity index (χ0n) is 35.9. The van der Waals surface area contributed by atoms with Crippen LogP contribution in [-0.2, 0) is 47.8 Å². The molecule has 2 heterocycles. The maximum atomic E-state index is 13.5. The van der Waals surface area contributed by atoms with Gasteiger partial charge in [0, 0.05) is 24.4 Å². The van der Waals surface area contributed by atoms with Crippen molar-refractivity contribution >= 4 is 26.5 Å². The monoisotopic (exact) mass is 814 g/mol. The Morgan fingerprint density at radius 3 is 2.37 bits per heavy atom. The Morgan fingerprint density at radius 2 is 1.75 bits per heavy atom. The number of hydroxylamine groups is 1. The molecule has 17 heteroatoms. The van der Waals surface area contributed by atoms with Gasteiger partial charge in [0.25, 0.3) is 0 Å². The molecule has 0 aliphatic carbocycles. The summed E-state index contributed by atoms with van der Waals surface area (Å²) in [7, 11) is -2.27. The number of nitrogens with zero attached hydrogens (tertiary/aromatic N) is 5. The summed E-state index contributed by atoms with van der Waals surface area (Å²) in [5, 5.41) is 6.57. The van der Waals surface area contributed by atoms with Crippen molar-refractivity contribution in [2.75, 3.05) is 19.7 Å². The Hall–Kier alpha value is -4.57. The molecule has 0 radical (unpaired) electrons. The van der Waals surface area contributed by atoms with Gasteiger partial charge in [-0.25, -0.2) is 19.2 Å². The van der Waals surface area contributed by atoms with Crippen LogP contribution in [0.2, 0.25) is 18.1 Å². The summed E-state index contributed by atoms with van der Waals surface area (Å²) in [6, 6.07) is 5.85. The molecule has 0 fully saturated rings. The van der Waals surface area contributed by atoms with Crippen molar-refractivity contribution in [3.05, 3.63) is 59.3 Å². The van der Waals surface area contributed by atoms with Gasteiger partial charge in [-0.1, -0.05) is 44.6 Å². The molecule has 3 rings (SSSR count). The average Bonchev–Trinajstić information content (AvgIpc) is 3.50. The number of alkyl carbamates (subject to hydrolysis) is 1. The van der Waals surface area contributed by atoms with Gasteiger partial charge >= 0.3 is 18.2 Å². The second kappa shape index (κ2) is 19.2. The van der Waals surface area contributed by atoms with Crippen LogP contribution >= 0.6 is 0 Å². The predicted octanol–water partition coefficient (Wildman–Crippen LogP) is 7.70. The Labute approximate surface area is 338 Å². The van der Waals surface area contributed by atoms with Crippen LogP contribution in [0.1, 0.15) is 87.6 Å². The molecular weight excluding hydrogens is 751 g/mol. The highest BCUT2D eigenvalue weighted by Gasteiger charge is 2.50. The minimum Gasteiger partial charge on any atom is -0.486 e. The molecule has 316 valence electrons. The lowest BCUT2D eigenvalue weighted by atomic mass is 9.89. The van der Waals surface area contributed by atoms with E-state index in [0.717, 1.165) is 16.7 Å². The number of fused-ring (bicyclic) bond motifs is 1. The molecule has 1 aromatic heterocycles. The lowest BCUT2D eigenvalue weighted by molar-refractivity contribution is -0.775. The molecule has 1 aliphatic rings. The molecule has 2 unspecified atom stereocenters. The zero-order chi connectivity index (χ0) is 42.8. The summed E-state index contributed by atoms with van der Waals surface area (Å²) in [6.07, 6.45) is 4.45. The molecular formula is C40H64N7O9Si+. The summed E-state index contributed by atoms with van der Waals surface area (Å²) in [5.74, 6) is -0.132. The number of hydrogen-bond acceptors (Lipinski definition) is 10. The van der Waals surface area contributed by atoms with E-state index in [0.29, 0.717) is 44.6 Å². The smallest absolute Gasteiger partial charge is 0.431 e. The van der Waals surface area contributed by atoms with Crippen LogP contribution in [0.5, 0.6) is 5.75 Å². The molecule has 57 heavy (non-hydrogen) atoms. The van der Waals surface area contributed by atoms with Crippen LogP contribution < -0.4 is 20.2 Å². The summed E-state index contributed by atoms with van der Waals surface area (Å²) in [6.45, 7) is 28.2. The molecule has 3 atom stereocenters. The first-order valence-corrected chi connectivity index (χ1v) is 22.3. The third-order valence-electron chi connectivity index (χ3n) is 9.58. The number of benzene rings is 1. The molecule has 1 aromatic carbocycles. The van der Waals surface area contributed by atoms with Crippen molar-refractivity contribution in [1.29, 1.82) is 0 Å². The average molecular weight is 815 g/mol. The molecule has 0 saturated carbocycles. The van der Waals surface area contributed by atoms with Crippen LogP contribution in [0.25, 0.3) is 21.6 Å². The standard InChI is InChI=1S/C40H63N7O9Si/c1-14-22-51-36(50)44-56-40(11,34(48)53-37(2,3)4)33-19-17-29-23-28(16-18-32(29)52-33)30-25-46(21-15-20-43-45-41)47(26-30)27-31(55-57(12,13)39(8,9)10)24-42-35(49)54-38(5,6)7/h14,16,18,23,25-26,31,33H,1,15,17,19-22,24,27H2,2-13H3,(H-,42,44,49,50)/p+1/t31?,33-,40?/m1/s1. The molecule has 0 saturated heterocycles. The van der Waals surface area contributed by atoms with Crippen LogP contribution in [0.4, 0.5) is 9.59 Å². The molecule has 2 amide bonds. The van der Waals surface area contributed by atoms with Crippen LogP contribution in [0.3, 0.4) is 0 Å². The fraction of sp³-hybridized carbons (Fsp3) is 0.650.